The summed E-state index contributed by atoms with van der Waals surface area (Å²) in [5.41, 5.74) is 4.13. The Morgan fingerprint density at radius 2 is 1.69 bits per heavy atom. The molecule has 0 spiro atoms. The monoisotopic (exact) mass is 528 g/mol. The number of amidine groups is 1. The molecule has 0 aromatic heterocycles. The van der Waals surface area contributed by atoms with E-state index in [1.807, 2.05) is 83.8 Å². The molecule has 0 saturated heterocycles. The van der Waals surface area contributed by atoms with E-state index in [1.54, 1.807) is 7.11 Å². The fourth-order valence-corrected chi connectivity index (χ4v) is 5.21. The fourth-order valence-electron chi connectivity index (χ4n) is 4.95. The molecule has 3 aromatic rings. The molecule has 1 aliphatic heterocycles. The zero-order valence-corrected chi connectivity index (χ0v) is 20.9. The number of methoxy groups -OCH3 is 1. The third-order valence-electron chi connectivity index (χ3n) is 6.59. The Hall–Kier alpha value is -3.64. The summed E-state index contributed by atoms with van der Waals surface area (Å²) in [6.45, 7) is 0. The maximum Gasteiger partial charge on any atom is 0.161 e. The summed E-state index contributed by atoms with van der Waals surface area (Å²) < 4.78 is 6.27. The number of carbonyl (C=O) groups excluding carboxylic acids is 1. The molecule has 176 valence electrons. The molecule has 2 N–H and O–H groups in total. The maximum absolute atomic E-state index is 13.5. The maximum atomic E-state index is 13.5. The van der Waals surface area contributed by atoms with Gasteiger partial charge in [-0.3, -0.25) is 15.1 Å². The molecule has 0 bridgehead atoms. The Labute approximate surface area is 213 Å². The van der Waals surface area contributed by atoms with Gasteiger partial charge in [-0.2, -0.15) is 0 Å². The van der Waals surface area contributed by atoms with Crippen LogP contribution in [0.1, 0.15) is 36.3 Å². The largest absolute Gasteiger partial charge is 0.507 e. The van der Waals surface area contributed by atoms with Crippen LogP contribution in [0.2, 0.25) is 0 Å². The van der Waals surface area contributed by atoms with Gasteiger partial charge in [0, 0.05) is 44.9 Å². The van der Waals surface area contributed by atoms with Crippen LogP contribution in [-0.2, 0) is 4.79 Å². The SMILES string of the molecule is COc1ccc([C@@H]2C3=C(CCCC3=O)N(c3ccc(Br)cc3)C(=N)/C2=C(/O)c2ccccc2)cc1. The lowest BCUT2D eigenvalue weighted by Gasteiger charge is -2.41. The Balaban J connectivity index is 1.80. The smallest absolute Gasteiger partial charge is 0.161 e. The van der Waals surface area contributed by atoms with Crippen LogP contribution >= 0.6 is 15.9 Å². The lowest BCUT2D eigenvalue weighted by molar-refractivity contribution is -0.116. The van der Waals surface area contributed by atoms with E-state index in [-0.39, 0.29) is 17.4 Å². The van der Waals surface area contributed by atoms with Crippen LogP contribution in [0.5, 0.6) is 5.75 Å². The number of rotatable bonds is 4. The molecular formula is C29H25BrN2O3. The molecule has 3 aromatic carbocycles. The number of ether oxygens (including phenoxy) is 1. The van der Waals surface area contributed by atoms with Gasteiger partial charge in [0.25, 0.3) is 0 Å². The van der Waals surface area contributed by atoms with Gasteiger partial charge < -0.3 is 9.84 Å². The zero-order chi connectivity index (χ0) is 24.5. The molecule has 1 aliphatic carbocycles. The minimum Gasteiger partial charge on any atom is -0.507 e. The Morgan fingerprint density at radius 1 is 1.00 bits per heavy atom. The summed E-state index contributed by atoms with van der Waals surface area (Å²) in [5, 5.41) is 20.9. The number of aliphatic hydroxyl groups is 1. The van der Waals surface area contributed by atoms with Crippen molar-refractivity contribution >= 4 is 39.0 Å². The van der Waals surface area contributed by atoms with Gasteiger partial charge in [-0.25, -0.2) is 0 Å². The minimum atomic E-state index is -0.553. The number of hydrogen-bond acceptors (Lipinski definition) is 4. The second-order valence-corrected chi connectivity index (χ2v) is 9.55. The number of aliphatic hydroxyl groups excluding tert-OH is 1. The Bertz CT molecular complexity index is 1340. The zero-order valence-electron chi connectivity index (χ0n) is 19.3. The van der Waals surface area contributed by atoms with Gasteiger partial charge in [-0.05, 0) is 54.8 Å². The van der Waals surface area contributed by atoms with Gasteiger partial charge in [0.15, 0.2) is 5.78 Å². The highest BCUT2D eigenvalue weighted by molar-refractivity contribution is 9.10. The second kappa shape index (κ2) is 9.55. The molecule has 5 rings (SSSR count). The van der Waals surface area contributed by atoms with E-state index in [1.165, 1.54) is 0 Å². The summed E-state index contributed by atoms with van der Waals surface area (Å²) in [6.07, 6.45) is 1.87. The first-order valence-corrected chi connectivity index (χ1v) is 12.3. The molecule has 0 unspecified atom stereocenters. The molecule has 1 atom stereocenters. The van der Waals surface area contributed by atoms with E-state index in [0.717, 1.165) is 27.8 Å². The lowest BCUT2D eigenvalue weighted by atomic mass is 9.73. The average molecular weight is 529 g/mol. The van der Waals surface area contributed by atoms with Crippen molar-refractivity contribution in [1.29, 1.82) is 5.41 Å². The molecule has 2 aliphatic rings. The van der Waals surface area contributed by atoms with E-state index < -0.39 is 5.92 Å². The predicted octanol–water partition coefficient (Wildman–Crippen LogP) is 7.02. The quantitative estimate of drug-likeness (QED) is 0.357. The molecule has 5 nitrogen and oxygen atoms in total. The number of nitrogens with one attached hydrogen (secondary N) is 1. The van der Waals surface area contributed by atoms with E-state index >= 15 is 0 Å². The van der Waals surface area contributed by atoms with Gasteiger partial charge in [0.05, 0.1) is 7.11 Å². The van der Waals surface area contributed by atoms with Crippen LogP contribution in [0, 0.1) is 5.41 Å². The topological polar surface area (TPSA) is 73.6 Å². The van der Waals surface area contributed by atoms with Crippen molar-refractivity contribution in [2.45, 2.75) is 25.2 Å². The van der Waals surface area contributed by atoms with Crippen molar-refractivity contribution in [2.24, 2.45) is 0 Å². The van der Waals surface area contributed by atoms with Crippen LogP contribution in [0.3, 0.4) is 0 Å². The number of nitrogens with zero attached hydrogens (tertiary/aromatic N) is 1. The van der Waals surface area contributed by atoms with Gasteiger partial charge in [0.1, 0.15) is 17.3 Å². The molecular weight excluding hydrogens is 504 g/mol. The molecule has 0 saturated carbocycles. The van der Waals surface area contributed by atoms with Gasteiger partial charge in [-0.1, -0.05) is 58.4 Å². The first-order valence-electron chi connectivity index (χ1n) is 11.5. The molecule has 0 fully saturated rings. The average Bonchev–Trinajstić information content (AvgIpc) is 2.89. The first-order chi connectivity index (χ1) is 17.0. The highest BCUT2D eigenvalue weighted by Crippen LogP contribution is 2.48. The number of Topliss-reactive ketones (excluding diaryl/α,β-unsaturated/α-hetero) is 1. The van der Waals surface area contributed by atoms with Gasteiger partial charge in [-0.15, -0.1) is 0 Å². The van der Waals surface area contributed by atoms with Crippen molar-refractivity contribution < 1.29 is 14.6 Å². The van der Waals surface area contributed by atoms with Gasteiger partial charge >= 0.3 is 0 Å². The summed E-state index contributed by atoms with van der Waals surface area (Å²) in [4.78, 5) is 15.3. The first kappa shape index (κ1) is 23.1. The van der Waals surface area contributed by atoms with Crippen LogP contribution in [0.4, 0.5) is 5.69 Å². The summed E-state index contributed by atoms with van der Waals surface area (Å²) in [6, 6.07) is 24.4. The fraction of sp³-hybridized carbons (Fsp3) is 0.172. The Kier molecular flexibility index (Phi) is 6.31. The molecule has 0 radical (unpaired) electrons. The van der Waals surface area contributed by atoms with E-state index in [0.29, 0.717) is 35.3 Å². The summed E-state index contributed by atoms with van der Waals surface area (Å²) in [5.74, 6) is 0.382. The van der Waals surface area contributed by atoms with E-state index in [9.17, 15) is 15.3 Å². The highest BCUT2D eigenvalue weighted by Gasteiger charge is 2.43. The third kappa shape index (κ3) is 4.19. The molecule has 6 heteroatoms. The molecule has 35 heavy (non-hydrogen) atoms. The molecule has 0 amide bonds. The van der Waals surface area contributed by atoms with E-state index in [4.69, 9.17) is 4.74 Å². The van der Waals surface area contributed by atoms with Crippen molar-refractivity contribution in [2.75, 3.05) is 12.0 Å². The second-order valence-electron chi connectivity index (χ2n) is 8.63. The number of ketones is 1. The lowest BCUT2D eigenvalue weighted by Crippen LogP contribution is -2.42. The Morgan fingerprint density at radius 3 is 2.34 bits per heavy atom. The van der Waals surface area contributed by atoms with Gasteiger partial charge in [0.2, 0.25) is 0 Å². The number of anilines is 1. The number of carbonyl (C=O) groups is 1. The molecule has 1 heterocycles. The third-order valence-corrected chi connectivity index (χ3v) is 7.12. The number of halogens is 1. The van der Waals surface area contributed by atoms with Crippen LogP contribution in [0.25, 0.3) is 5.76 Å². The van der Waals surface area contributed by atoms with Crippen LogP contribution in [-0.4, -0.2) is 23.8 Å². The number of hydrogen-bond donors (Lipinski definition) is 2. The minimum absolute atomic E-state index is 0.00320. The van der Waals surface area contributed by atoms with Crippen molar-refractivity contribution in [3.8, 4) is 5.75 Å². The summed E-state index contributed by atoms with van der Waals surface area (Å²) >= 11 is 3.48. The number of allylic oxidation sites excluding steroid dienone is 2. The van der Waals surface area contributed by atoms with Crippen molar-refractivity contribution in [3.05, 3.63) is 111 Å². The predicted molar refractivity (Wildman–Crippen MR) is 142 cm³/mol. The highest BCUT2D eigenvalue weighted by atomic mass is 79.9. The number of benzene rings is 3. The normalized spacial score (nSPS) is 19.5. The van der Waals surface area contributed by atoms with Crippen LogP contribution < -0.4 is 9.64 Å². The van der Waals surface area contributed by atoms with E-state index in [2.05, 4.69) is 15.9 Å². The van der Waals surface area contributed by atoms with Crippen LogP contribution in [0.15, 0.2) is 100 Å². The standard InChI is InChI=1S/C29H25BrN2O3/c1-35-22-16-10-18(11-17-22)25-26-23(8-5-9-24(26)33)32(21-14-12-20(30)13-15-21)29(31)27(25)28(34)19-6-3-2-4-7-19/h2-4,6-7,10-17,25,31,34H,5,8-9H2,1H3/b28-27+,31-29?/t25-/m1/s1. The summed E-state index contributed by atoms with van der Waals surface area (Å²) in [7, 11) is 1.61. The van der Waals surface area contributed by atoms with Crippen molar-refractivity contribution in [3.63, 3.8) is 0 Å². The van der Waals surface area contributed by atoms with Crippen molar-refractivity contribution in [1.82, 2.24) is 0 Å².